The number of hydrogen-bond acceptors (Lipinski definition) is 3. The molecule has 0 bridgehead atoms. The molecule has 0 aromatic heterocycles. The molecule has 1 atom stereocenters. The van der Waals surface area contributed by atoms with Crippen molar-refractivity contribution in [2.45, 2.75) is 51.0 Å². The Hall–Kier alpha value is -1.40. The molecule has 0 radical (unpaired) electrons. The predicted octanol–water partition coefficient (Wildman–Crippen LogP) is 2.04. The van der Waals surface area contributed by atoms with Gasteiger partial charge in [-0.25, -0.2) is 8.42 Å². The van der Waals surface area contributed by atoms with E-state index in [2.05, 4.69) is 4.72 Å². The van der Waals surface area contributed by atoms with Crippen molar-refractivity contribution in [1.82, 2.24) is 4.72 Å². The molecule has 0 saturated carbocycles. The third-order valence-electron chi connectivity index (χ3n) is 3.05. The summed E-state index contributed by atoms with van der Waals surface area (Å²) in [6.45, 7) is 8.94. The maximum absolute atomic E-state index is 12.3. The van der Waals surface area contributed by atoms with Crippen LogP contribution in [0.2, 0.25) is 0 Å². The van der Waals surface area contributed by atoms with Crippen LogP contribution in [-0.2, 0) is 20.2 Å². The van der Waals surface area contributed by atoms with Gasteiger partial charge in [0.1, 0.15) is 6.04 Å². The molecule has 20 heavy (non-hydrogen) atoms. The van der Waals surface area contributed by atoms with E-state index in [1.165, 1.54) is 6.92 Å². The van der Waals surface area contributed by atoms with Gasteiger partial charge in [0.2, 0.25) is 10.0 Å². The van der Waals surface area contributed by atoms with Crippen LogP contribution in [0.4, 0.5) is 0 Å². The number of benzene rings is 1. The highest BCUT2D eigenvalue weighted by Gasteiger charge is 2.25. The monoisotopic (exact) mass is 299 g/mol. The van der Waals surface area contributed by atoms with Gasteiger partial charge in [0.25, 0.3) is 0 Å². The van der Waals surface area contributed by atoms with Crippen LogP contribution in [0, 0.1) is 6.92 Å². The maximum Gasteiger partial charge on any atom is 0.321 e. The number of sulfonamides is 1. The summed E-state index contributed by atoms with van der Waals surface area (Å²) in [7, 11) is -3.85. The number of nitrogens with one attached hydrogen (secondary N) is 1. The van der Waals surface area contributed by atoms with E-state index in [9.17, 15) is 13.2 Å². The Labute approximate surface area is 120 Å². The second-order valence-corrected chi connectivity index (χ2v) is 7.59. The number of carbonyl (C=O) groups is 1. The lowest BCUT2D eigenvalue weighted by molar-refractivity contribution is -0.138. The zero-order valence-electron chi connectivity index (χ0n) is 12.4. The third kappa shape index (κ3) is 3.80. The van der Waals surface area contributed by atoms with Crippen LogP contribution in [0.5, 0.6) is 0 Å². The molecule has 1 aromatic rings. The Morgan fingerprint density at radius 2 is 1.85 bits per heavy atom. The fraction of sp³-hybridized carbons (Fsp3) is 0.500. The molecule has 0 aliphatic carbocycles. The second kappa shape index (κ2) is 5.54. The van der Waals surface area contributed by atoms with E-state index >= 15 is 0 Å². The van der Waals surface area contributed by atoms with E-state index in [-0.39, 0.29) is 10.3 Å². The fourth-order valence-corrected chi connectivity index (χ4v) is 3.17. The van der Waals surface area contributed by atoms with E-state index in [4.69, 9.17) is 5.11 Å². The van der Waals surface area contributed by atoms with Gasteiger partial charge in [-0.05, 0) is 36.5 Å². The largest absolute Gasteiger partial charge is 0.480 e. The van der Waals surface area contributed by atoms with Gasteiger partial charge in [0.05, 0.1) is 4.90 Å². The molecule has 0 spiro atoms. The van der Waals surface area contributed by atoms with E-state index in [0.29, 0.717) is 5.56 Å². The van der Waals surface area contributed by atoms with Gasteiger partial charge in [-0.3, -0.25) is 4.79 Å². The lowest BCUT2D eigenvalue weighted by Crippen LogP contribution is -2.38. The molecule has 0 amide bonds. The van der Waals surface area contributed by atoms with Crippen molar-refractivity contribution in [3.63, 3.8) is 0 Å². The highest BCUT2D eigenvalue weighted by atomic mass is 32.2. The standard InChI is InChI=1S/C14H21NO4S/c1-9-6-7-11(14(3,4)5)8-12(9)20(18,19)15-10(2)13(16)17/h6-8,10,15H,1-5H3,(H,16,17). The molecule has 6 heteroatoms. The molecule has 2 N–H and O–H groups in total. The Morgan fingerprint density at radius 3 is 2.30 bits per heavy atom. The van der Waals surface area contributed by atoms with E-state index in [1.807, 2.05) is 26.8 Å². The van der Waals surface area contributed by atoms with E-state index < -0.39 is 22.0 Å². The second-order valence-electron chi connectivity index (χ2n) is 5.91. The summed E-state index contributed by atoms with van der Waals surface area (Å²) in [6.07, 6.45) is 0. The smallest absolute Gasteiger partial charge is 0.321 e. The Kier molecular flexibility index (Phi) is 4.61. The summed E-state index contributed by atoms with van der Waals surface area (Å²) in [5.74, 6) is -1.21. The SMILES string of the molecule is Cc1ccc(C(C)(C)C)cc1S(=O)(=O)NC(C)C(=O)O. The zero-order valence-corrected chi connectivity index (χ0v) is 13.2. The minimum Gasteiger partial charge on any atom is -0.480 e. The number of aliphatic carboxylic acids is 1. The van der Waals surface area contributed by atoms with Crippen LogP contribution in [0.1, 0.15) is 38.8 Å². The lowest BCUT2D eigenvalue weighted by atomic mass is 9.87. The number of carboxylic acid groups (broad SMARTS) is 1. The first-order chi connectivity index (χ1) is 8.95. The number of rotatable bonds is 4. The molecule has 0 fully saturated rings. The van der Waals surface area contributed by atoms with Crippen LogP contribution in [0.3, 0.4) is 0 Å². The van der Waals surface area contributed by atoms with Gasteiger partial charge in [-0.15, -0.1) is 0 Å². The summed E-state index contributed by atoms with van der Waals surface area (Å²) in [4.78, 5) is 10.9. The van der Waals surface area contributed by atoms with Gasteiger partial charge in [0, 0.05) is 0 Å². The Morgan fingerprint density at radius 1 is 1.30 bits per heavy atom. The molecular weight excluding hydrogens is 278 g/mol. The first-order valence-electron chi connectivity index (χ1n) is 6.31. The molecule has 0 heterocycles. The summed E-state index contributed by atoms with van der Waals surface area (Å²) >= 11 is 0. The van der Waals surface area contributed by atoms with Crippen molar-refractivity contribution in [3.8, 4) is 0 Å². The summed E-state index contributed by atoms with van der Waals surface area (Å²) < 4.78 is 26.7. The van der Waals surface area contributed by atoms with Gasteiger partial charge in [-0.1, -0.05) is 32.9 Å². The summed E-state index contributed by atoms with van der Waals surface area (Å²) in [6, 6.07) is 4.06. The predicted molar refractivity (Wildman–Crippen MR) is 77.3 cm³/mol. The lowest BCUT2D eigenvalue weighted by Gasteiger charge is -2.21. The summed E-state index contributed by atoms with van der Waals surface area (Å²) in [5.41, 5.74) is 1.28. The molecule has 0 aliphatic heterocycles. The van der Waals surface area contributed by atoms with Crippen LogP contribution in [-0.4, -0.2) is 25.5 Å². The number of carboxylic acids is 1. The van der Waals surface area contributed by atoms with Gasteiger partial charge in [-0.2, -0.15) is 4.72 Å². The van der Waals surface area contributed by atoms with Crippen molar-refractivity contribution in [2.75, 3.05) is 0 Å². The highest BCUT2D eigenvalue weighted by Crippen LogP contribution is 2.26. The average Bonchev–Trinajstić information content (AvgIpc) is 2.26. The number of aryl methyl sites for hydroxylation is 1. The molecule has 112 valence electrons. The van der Waals surface area contributed by atoms with Gasteiger partial charge >= 0.3 is 5.97 Å². The van der Waals surface area contributed by atoms with Crippen molar-refractivity contribution in [2.24, 2.45) is 0 Å². The van der Waals surface area contributed by atoms with Crippen LogP contribution in [0.25, 0.3) is 0 Å². The quantitative estimate of drug-likeness (QED) is 0.891. The van der Waals surface area contributed by atoms with E-state index in [1.54, 1.807) is 19.1 Å². The average molecular weight is 299 g/mol. The summed E-state index contributed by atoms with van der Waals surface area (Å²) in [5, 5.41) is 8.82. The minimum absolute atomic E-state index is 0.123. The first-order valence-corrected chi connectivity index (χ1v) is 7.80. The Balaban J connectivity index is 3.28. The van der Waals surface area contributed by atoms with Crippen molar-refractivity contribution in [3.05, 3.63) is 29.3 Å². The van der Waals surface area contributed by atoms with Gasteiger partial charge in [0.15, 0.2) is 0 Å². The van der Waals surface area contributed by atoms with Crippen LogP contribution >= 0.6 is 0 Å². The molecule has 1 unspecified atom stereocenters. The minimum atomic E-state index is -3.85. The molecule has 5 nitrogen and oxygen atoms in total. The topological polar surface area (TPSA) is 83.5 Å². The van der Waals surface area contributed by atoms with Crippen molar-refractivity contribution in [1.29, 1.82) is 0 Å². The molecule has 0 aliphatic rings. The van der Waals surface area contributed by atoms with Crippen LogP contribution < -0.4 is 4.72 Å². The first kappa shape index (κ1) is 16.7. The highest BCUT2D eigenvalue weighted by molar-refractivity contribution is 7.89. The van der Waals surface area contributed by atoms with Crippen LogP contribution in [0.15, 0.2) is 23.1 Å². The third-order valence-corrected chi connectivity index (χ3v) is 4.73. The van der Waals surface area contributed by atoms with Gasteiger partial charge < -0.3 is 5.11 Å². The zero-order chi connectivity index (χ0) is 15.7. The Bertz CT molecular complexity index is 615. The molecule has 1 aromatic carbocycles. The fourth-order valence-electron chi connectivity index (χ4n) is 1.70. The molecule has 1 rings (SSSR count). The number of hydrogen-bond donors (Lipinski definition) is 2. The van der Waals surface area contributed by atoms with E-state index in [0.717, 1.165) is 5.56 Å². The molecule has 0 saturated heterocycles. The maximum atomic E-state index is 12.3. The normalized spacial score (nSPS) is 14.1. The van der Waals surface area contributed by atoms with Crippen molar-refractivity contribution >= 4 is 16.0 Å². The van der Waals surface area contributed by atoms with Crippen molar-refractivity contribution < 1.29 is 18.3 Å². The molecular formula is C14H21NO4S.